The SMILES string of the molecule is O=C(NCCI)[C@H](O[C@@H]1O[C@H](CO)[C@@H](O)[C@H](O)[C@H]1O)[C@@H](O)[C@H](O)[C@H](O)CO. The predicted molar refractivity (Wildman–Crippen MR) is 95.6 cm³/mol. The summed E-state index contributed by atoms with van der Waals surface area (Å²) in [6.07, 6.45) is -16.0. The van der Waals surface area contributed by atoms with Gasteiger partial charge in [0.15, 0.2) is 12.4 Å². The average molecular weight is 511 g/mol. The summed E-state index contributed by atoms with van der Waals surface area (Å²) in [5.41, 5.74) is 0. The van der Waals surface area contributed by atoms with E-state index < -0.39 is 74.2 Å². The van der Waals surface area contributed by atoms with Crippen LogP contribution in [0.3, 0.4) is 0 Å². The molecule has 1 heterocycles. The molecule has 27 heavy (non-hydrogen) atoms. The molecule has 0 unspecified atom stereocenters. The van der Waals surface area contributed by atoms with Crippen molar-refractivity contribution in [3.63, 3.8) is 0 Å². The van der Waals surface area contributed by atoms with Gasteiger partial charge in [0.1, 0.15) is 42.7 Å². The minimum absolute atomic E-state index is 0.180. The maximum atomic E-state index is 12.3. The molecule has 1 aliphatic rings. The first-order valence-electron chi connectivity index (χ1n) is 8.14. The third-order valence-electron chi connectivity index (χ3n) is 4.02. The van der Waals surface area contributed by atoms with Crippen molar-refractivity contribution in [2.75, 3.05) is 24.2 Å². The summed E-state index contributed by atoms with van der Waals surface area (Å²) in [5, 5.41) is 79.5. The lowest BCUT2D eigenvalue weighted by Crippen LogP contribution is -2.62. The van der Waals surface area contributed by atoms with Crippen LogP contribution < -0.4 is 5.32 Å². The molecule has 1 saturated heterocycles. The Hall–Kier alpha value is -0.200. The summed E-state index contributed by atoms with van der Waals surface area (Å²) in [7, 11) is 0. The summed E-state index contributed by atoms with van der Waals surface area (Å²) >= 11 is 1.97. The van der Waals surface area contributed by atoms with E-state index in [4.69, 9.17) is 14.6 Å². The summed E-state index contributed by atoms with van der Waals surface area (Å²) < 4.78 is 10.8. The van der Waals surface area contributed by atoms with E-state index in [0.29, 0.717) is 4.43 Å². The molecule has 9 atom stereocenters. The molecular weight excluding hydrogens is 485 g/mol. The van der Waals surface area contributed by atoms with Gasteiger partial charge in [0.25, 0.3) is 5.91 Å². The summed E-state index contributed by atoms with van der Waals surface area (Å²) in [6, 6.07) is 0. The van der Waals surface area contributed by atoms with E-state index in [1.807, 2.05) is 22.6 Å². The Labute approximate surface area is 168 Å². The average Bonchev–Trinajstić information content (AvgIpc) is 2.67. The van der Waals surface area contributed by atoms with E-state index >= 15 is 0 Å². The maximum absolute atomic E-state index is 12.3. The van der Waals surface area contributed by atoms with Crippen molar-refractivity contribution < 1.29 is 55.1 Å². The van der Waals surface area contributed by atoms with Crippen LogP contribution in [-0.4, -0.2) is 126 Å². The Bertz CT molecular complexity index is 457. The van der Waals surface area contributed by atoms with Gasteiger partial charge in [-0.1, -0.05) is 22.6 Å². The fraction of sp³-hybridized carbons (Fsp3) is 0.929. The molecule has 0 aromatic heterocycles. The molecule has 1 fully saturated rings. The van der Waals surface area contributed by atoms with Crippen LogP contribution in [0, 0.1) is 0 Å². The molecular formula is C14H26INO11. The fourth-order valence-corrected chi connectivity index (χ4v) is 2.68. The number of alkyl halides is 1. The molecule has 0 aliphatic carbocycles. The summed E-state index contributed by atoms with van der Waals surface area (Å²) in [4.78, 5) is 12.3. The van der Waals surface area contributed by atoms with Crippen molar-refractivity contribution in [1.29, 1.82) is 0 Å². The van der Waals surface area contributed by atoms with E-state index in [0.717, 1.165) is 0 Å². The molecule has 1 amide bonds. The van der Waals surface area contributed by atoms with Gasteiger partial charge >= 0.3 is 0 Å². The molecule has 0 saturated carbocycles. The second-order valence-corrected chi connectivity index (χ2v) is 7.04. The summed E-state index contributed by atoms with van der Waals surface area (Å²) in [6.45, 7) is -1.45. The topological polar surface area (TPSA) is 209 Å². The number of halogens is 1. The molecule has 160 valence electrons. The second kappa shape index (κ2) is 11.7. The predicted octanol–water partition coefficient (Wildman–Crippen LogP) is -5.20. The second-order valence-electron chi connectivity index (χ2n) is 5.97. The van der Waals surface area contributed by atoms with Crippen LogP contribution in [0.4, 0.5) is 0 Å². The Balaban J connectivity index is 2.99. The Morgan fingerprint density at radius 1 is 1.07 bits per heavy atom. The molecule has 0 bridgehead atoms. The van der Waals surface area contributed by atoms with Gasteiger partial charge in [-0.2, -0.15) is 0 Å². The van der Waals surface area contributed by atoms with Crippen molar-refractivity contribution >= 4 is 28.5 Å². The highest BCUT2D eigenvalue weighted by Gasteiger charge is 2.47. The first-order valence-corrected chi connectivity index (χ1v) is 9.66. The lowest BCUT2D eigenvalue weighted by molar-refractivity contribution is -0.316. The largest absolute Gasteiger partial charge is 0.394 e. The van der Waals surface area contributed by atoms with Crippen LogP contribution in [0.25, 0.3) is 0 Å². The van der Waals surface area contributed by atoms with Gasteiger partial charge in [-0.3, -0.25) is 4.79 Å². The number of nitrogens with one attached hydrogen (secondary N) is 1. The first kappa shape index (κ1) is 24.8. The van der Waals surface area contributed by atoms with Crippen molar-refractivity contribution in [3.8, 4) is 0 Å². The Morgan fingerprint density at radius 2 is 1.70 bits per heavy atom. The molecule has 12 nitrogen and oxygen atoms in total. The zero-order chi connectivity index (χ0) is 20.7. The third-order valence-corrected chi connectivity index (χ3v) is 4.56. The molecule has 1 rings (SSSR count). The van der Waals surface area contributed by atoms with Crippen LogP contribution in [-0.2, 0) is 14.3 Å². The van der Waals surface area contributed by atoms with Crippen LogP contribution in [0.15, 0.2) is 0 Å². The maximum Gasteiger partial charge on any atom is 0.252 e. The van der Waals surface area contributed by atoms with E-state index in [9.17, 15) is 40.5 Å². The number of carbonyl (C=O) groups is 1. The highest BCUT2D eigenvalue weighted by atomic mass is 127. The number of hydrogen-bond donors (Lipinski definition) is 9. The number of amides is 1. The number of ether oxygens (including phenoxy) is 2. The van der Waals surface area contributed by atoms with Crippen LogP contribution in [0.2, 0.25) is 0 Å². The smallest absolute Gasteiger partial charge is 0.252 e. The van der Waals surface area contributed by atoms with Crippen molar-refractivity contribution in [3.05, 3.63) is 0 Å². The van der Waals surface area contributed by atoms with E-state index in [-0.39, 0.29) is 6.54 Å². The molecule has 9 N–H and O–H groups in total. The molecule has 13 heteroatoms. The van der Waals surface area contributed by atoms with E-state index in [1.165, 1.54) is 0 Å². The standard InChI is InChI=1S/C14H26INO11/c15-1-2-16-13(25)12(10(23)7(20)5(19)3-17)27-14-11(24)9(22)8(21)6(4-18)26-14/h5-12,14,17-24H,1-4H2,(H,16,25)/t5-,6-,7-,8-,9+,10+,11-,12-,14+/m1/s1. The molecule has 0 aromatic rings. The van der Waals surface area contributed by atoms with E-state index in [1.54, 1.807) is 0 Å². The first-order chi connectivity index (χ1) is 12.7. The normalized spacial score (nSPS) is 33.1. The quantitative estimate of drug-likeness (QED) is 0.100. The Kier molecular flexibility index (Phi) is 10.8. The van der Waals surface area contributed by atoms with E-state index in [2.05, 4.69) is 5.32 Å². The zero-order valence-corrected chi connectivity index (χ0v) is 16.4. The van der Waals surface area contributed by atoms with Gasteiger partial charge in [-0.05, 0) is 0 Å². The minimum Gasteiger partial charge on any atom is -0.394 e. The molecule has 0 aromatic carbocycles. The van der Waals surface area contributed by atoms with Gasteiger partial charge in [0.2, 0.25) is 0 Å². The molecule has 0 radical (unpaired) electrons. The monoisotopic (exact) mass is 511 g/mol. The van der Waals surface area contributed by atoms with Crippen LogP contribution >= 0.6 is 22.6 Å². The number of rotatable bonds is 10. The van der Waals surface area contributed by atoms with Gasteiger partial charge in [0, 0.05) is 11.0 Å². The lowest BCUT2D eigenvalue weighted by atomic mass is 9.98. The molecule has 0 spiro atoms. The van der Waals surface area contributed by atoms with Crippen molar-refractivity contribution in [2.45, 2.75) is 55.1 Å². The number of hydrogen-bond acceptors (Lipinski definition) is 11. The van der Waals surface area contributed by atoms with Gasteiger partial charge < -0.3 is 55.6 Å². The molecule has 1 aliphatic heterocycles. The summed E-state index contributed by atoms with van der Waals surface area (Å²) in [5.74, 6) is -0.916. The lowest BCUT2D eigenvalue weighted by Gasteiger charge is -2.41. The van der Waals surface area contributed by atoms with Crippen molar-refractivity contribution in [1.82, 2.24) is 5.32 Å². The van der Waals surface area contributed by atoms with Gasteiger partial charge in [-0.15, -0.1) is 0 Å². The third kappa shape index (κ3) is 6.40. The van der Waals surface area contributed by atoms with Gasteiger partial charge in [-0.25, -0.2) is 0 Å². The number of carbonyl (C=O) groups excluding carboxylic acids is 1. The van der Waals surface area contributed by atoms with Gasteiger partial charge in [0.05, 0.1) is 13.2 Å². The highest BCUT2D eigenvalue weighted by molar-refractivity contribution is 14.1. The fourth-order valence-electron chi connectivity index (χ4n) is 2.41. The zero-order valence-electron chi connectivity index (χ0n) is 14.2. The number of aliphatic hydroxyl groups is 8. The van der Waals surface area contributed by atoms with Crippen LogP contribution in [0.1, 0.15) is 0 Å². The van der Waals surface area contributed by atoms with Crippen LogP contribution in [0.5, 0.6) is 0 Å². The van der Waals surface area contributed by atoms with Crippen molar-refractivity contribution in [2.24, 2.45) is 0 Å². The number of aliphatic hydroxyl groups excluding tert-OH is 8. The highest BCUT2D eigenvalue weighted by Crippen LogP contribution is 2.24. The Morgan fingerprint density at radius 3 is 2.22 bits per heavy atom. The minimum atomic E-state index is -2.03.